The Labute approximate surface area is 124 Å². The highest BCUT2D eigenvalue weighted by atomic mass is 32.2. The highest BCUT2D eigenvalue weighted by Gasteiger charge is 2.19. The first kappa shape index (κ1) is 13.9. The Morgan fingerprint density at radius 3 is 2.80 bits per heavy atom. The Bertz CT molecular complexity index is 587. The lowest BCUT2D eigenvalue weighted by molar-refractivity contribution is 0.314. The van der Waals surface area contributed by atoms with E-state index in [1.165, 1.54) is 32.1 Å². The fourth-order valence-corrected chi connectivity index (χ4v) is 3.75. The van der Waals surface area contributed by atoms with E-state index in [4.69, 9.17) is 4.98 Å². The van der Waals surface area contributed by atoms with Gasteiger partial charge in [0.05, 0.1) is 6.20 Å². The molecule has 20 heavy (non-hydrogen) atoms. The summed E-state index contributed by atoms with van der Waals surface area (Å²) in [6.07, 6.45) is 8.71. The number of hydrogen-bond acceptors (Lipinski definition) is 4. The average Bonchev–Trinajstić information content (AvgIpc) is 2.78. The van der Waals surface area contributed by atoms with Crippen LogP contribution in [-0.4, -0.2) is 25.3 Å². The molecule has 2 aromatic rings. The van der Waals surface area contributed by atoms with Gasteiger partial charge in [0.1, 0.15) is 11.3 Å². The summed E-state index contributed by atoms with van der Waals surface area (Å²) >= 11 is 1.81. The second kappa shape index (κ2) is 6.12. The molecular formula is C15H22N4S. The number of aryl methyl sites for hydroxylation is 1. The monoisotopic (exact) mass is 290 g/mol. The van der Waals surface area contributed by atoms with Gasteiger partial charge in [0.2, 0.25) is 0 Å². The number of aromatic nitrogens is 4. The van der Waals surface area contributed by atoms with Crippen molar-refractivity contribution in [3.63, 3.8) is 0 Å². The first-order valence-electron chi connectivity index (χ1n) is 7.60. The van der Waals surface area contributed by atoms with E-state index in [1.54, 1.807) is 11.8 Å². The van der Waals surface area contributed by atoms with Crippen molar-refractivity contribution >= 4 is 22.9 Å². The van der Waals surface area contributed by atoms with E-state index in [-0.39, 0.29) is 0 Å². The van der Waals surface area contributed by atoms with Crippen molar-refractivity contribution in [2.24, 2.45) is 5.92 Å². The maximum atomic E-state index is 4.71. The van der Waals surface area contributed by atoms with E-state index in [0.717, 1.165) is 40.4 Å². The van der Waals surface area contributed by atoms with Crippen molar-refractivity contribution in [3.05, 3.63) is 12.0 Å². The molecule has 1 aliphatic rings. The lowest BCUT2D eigenvalue weighted by atomic mass is 9.89. The molecule has 5 heteroatoms. The summed E-state index contributed by atoms with van der Waals surface area (Å²) in [6, 6.07) is 0. The average molecular weight is 290 g/mol. The molecule has 0 atom stereocenters. The van der Waals surface area contributed by atoms with Gasteiger partial charge in [-0.1, -0.05) is 37.9 Å². The molecule has 0 spiro atoms. The summed E-state index contributed by atoms with van der Waals surface area (Å²) in [4.78, 5) is 13.6. The molecule has 0 N–H and O–H groups in total. The van der Waals surface area contributed by atoms with Gasteiger partial charge in [-0.2, -0.15) is 0 Å². The van der Waals surface area contributed by atoms with E-state index in [9.17, 15) is 0 Å². The lowest BCUT2D eigenvalue weighted by Gasteiger charge is -2.22. The zero-order valence-electron chi connectivity index (χ0n) is 12.3. The summed E-state index contributed by atoms with van der Waals surface area (Å²) in [7, 11) is 0. The first-order valence-corrected chi connectivity index (χ1v) is 8.59. The smallest absolute Gasteiger partial charge is 0.170 e. The van der Waals surface area contributed by atoms with Crippen molar-refractivity contribution in [3.8, 4) is 0 Å². The predicted octanol–water partition coefficient (Wildman–Crippen LogP) is 3.83. The fraction of sp³-hybridized carbons (Fsp3) is 0.667. The van der Waals surface area contributed by atoms with Crippen LogP contribution in [0.5, 0.6) is 0 Å². The fourth-order valence-electron chi connectivity index (χ4n) is 3.01. The SMILES string of the molecule is CCSc1nc2cnc(C)nc2n1CC1CCCCC1. The highest BCUT2D eigenvalue weighted by Crippen LogP contribution is 2.29. The number of hydrogen-bond donors (Lipinski definition) is 0. The van der Waals surface area contributed by atoms with E-state index < -0.39 is 0 Å². The van der Waals surface area contributed by atoms with Crippen LogP contribution >= 0.6 is 11.8 Å². The van der Waals surface area contributed by atoms with Gasteiger partial charge in [-0.25, -0.2) is 15.0 Å². The van der Waals surface area contributed by atoms with Gasteiger partial charge in [0, 0.05) is 6.54 Å². The Balaban J connectivity index is 1.96. The van der Waals surface area contributed by atoms with Crippen molar-refractivity contribution in [1.29, 1.82) is 0 Å². The Morgan fingerprint density at radius 2 is 2.05 bits per heavy atom. The molecule has 0 radical (unpaired) electrons. The Morgan fingerprint density at radius 1 is 1.25 bits per heavy atom. The van der Waals surface area contributed by atoms with Gasteiger partial charge in [0.25, 0.3) is 0 Å². The predicted molar refractivity (Wildman–Crippen MR) is 83.0 cm³/mol. The molecule has 1 saturated carbocycles. The van der Waals surface area contributed by atoms with Crippen LogP contribution in [0.25, 0.3) is 11.2 Å². The van der Waals surface area contributed by atoms with Gasteiger partial charge < -0.3 is 4.57 Å². The minimum Gasteiger partial charge on any atom is -0.303 e. The number of imidazole rings is 1. The van der Waals surface area contributed by atoms with Crippen LogP contribution in [0.4, 0.5) is 0 Å². The quantitative estimate of drug-likeness (QED) is 0.803. The standard InChI is InChI=1S/C15H22N4S/c1-3-20-15-18-13-9-16-11(2)17-14(13)19(15)10-12-7-5-4-6-8-12/h9,12H,3-8,10H2,1-2H3. The van der Waals surface area contributed by atoms with Crippen LogP contribution in [0.15, 0.2) is 11.4 Å². The molecule has 0 aromatic carbocycles. The molecule has 2 aromatic heterocycles. The normalized spacial score (nSPS) is 16.9. The molecular weight excluding hydrogens is 268 g/mol. The van der Waals surface area contributed by atoms with Crippen LogP contribution in [0, 0.1) is 12.8 Å². The van der Waals surface area contributed by atoms with E-state index >= 15 is 0 Å². The third kappa shape index (κ3) is 2.82. The number of fused-ring (bicyclic) bond motifs is 1. The van der Waals surface area contributed by atoms with E-state index in [0.29, 0.717) is 0 Å². The minimum absolute atomic E-state index is 0.785. The second-order valence-corrected chi connectivity index (χ2v) is 6.80. The van der Waals surface area contributed by atoms with Crippen LogP contribution in [0.3, 0.4) is 0 Å². The molecule has 1 fully saturated rings. The molecule has 2 heterocycles. The van der Waals surface area contributed by atoms with E-state index in [2.05, 4.69) is 21.5 Å². The van der Waals surface area contributed by atoms with Crippen molar-refractivity contribution in [2.75, 3.05) is 5.75 Å². The Kier molecular flexibility index (Phi) is 4.24. The van der Waals surface area contributed by atoms with Crippen molar-refractivity contribution in [1.82, 2.24) is 19.5 Å². The highest BCUT2D eigenvalue weighted by molar-refractivity contribution is 7.99. The zero-order chi connectivity index (χ0) is 13.9. The molecule has 0 unspecified atom stereocenters. The van der Waals surface area contributed by atoms with Crippen LogP contribution in [0.2, 0.25) is 0 Å². The molecule has 0 amide bonds. The summed E-state index contributed by atoms with van der Waals surface area (Å²) in [5, 5.41) is 1.10. The third-order valence-electron chi connectivity index (χ3n) is 4.01. The maximum Gasteiger partial charge on any atom is 0.170 e. The van der Waals surface area contributed by atoms with Crippen LogP contribution in [-0.2, 0) is 6.54 Å². The molecule has 108 valence electrons. The largest absolute Gasteiger partial charge is 0.303 e. The van der Waals surface area contributed by atoms with E-state index in [1.807, 2.05) is 13.1 Å². The van der Waals surface area contributed by atoms with Crippen molar-refractivity contribution < 1.29 is 0 Å². The molecule has 3 rings (SSSR count). The topological polar surface area (TPSA) is 43.6 Å². The zero-order valence-corrected chi connectivity index (χ0v) is 13.1. The summed E-state index contributed by atoms with van der Waals surface area (Å²) in [5.74, 6) is 2.66. The number of thioether (sulfide) groups is 1. The van der Waals surface area contributed by atoms with Crippen LogP contribution in [0.1, 0.15) is 44.9 Å². The summed E-state index contributed by atoms with van der Waals surface area (Å²) in [5.41, 5.74) is 1.95. The maximum absolute atomic E-state index is 4.71. The molecule has 1 aliphatic carbocycles. The molecule has 0 saturated heterocycles. The number of rotatable bonds is 4. The van der Waals surface area contributed by atoms with Crippen molar-refractivity contribution in [2.45, 2.75) is 57.7 Å². The van der Waals surface area contributed by atoms with Gasteiger partial charge in [-0.3, -0.25) is 0 Å². The van der Waals surface area contributed by atoms with Gasteiger partial charge in [0.15, 0.2) is 10.8 Å². The summed E-state index contributed by atoms with van der Waals surface area (Å²) < 4.78 is 2.33. The second-order valence-electron chi connectivity index (χ2n) is 5.57. The molecule has 0 bridgehead atoms. The molecule has 4 nitrogen and oxygen atoms in total. The minimum atomic E-state index is 0.785. The van der Waals surface area contributed by atoms with Crippen LogP contribution < -0.4 is 0 Å². The van der Waals surface area contributed by atoms with Gasteiger partial charge in [-0.15, -0.1) is 0 Å². The van der Waals surface area contributed by atoms with Gasteiger partial charge in [-0.05, 0) is 31.4 Å². The molecule has 0 aliphatic heterocycles. The summed E-state index contributed by atoms with van der Waals surface area (Å²) in [6.45, 7) is 5.19. The Hall–Kier alpha value is -1.10. The lowest BCUT2D eigenvalue weighted by Crippen LogP contribution is -2.15. The third-order valence-corrected chi connectivity index (χ3v) is 4.87. The first-order chi connectivity index (χ1) is 9.78. The number of nitrogens with zero attached hydrogens (tertiary/aromatic N) is 4. The van der Waals surface area contributed by atoms with Gasteiger partial charge >= 0.3 is 0 Å².